The highest BCUT2D eigenvalue weighted by Crippen LogP contribution is 2.38. The summed E-state index contributed by atoms with van der Waals surface area (Å²) >= 11 is 8.12. The highest BCUT2D eigenvalue weighted by molar-refractivity contribution is 8.16. The Labute approximate surface area is 126 Å². The first-order valence-electron chi connectivity index (χ1n) is 5.27. The zero-order valence-corrected chi connectivity index (χ0v) is 12.3. The number of alkyl halides is 3. The van der Waals surface area contributed by atoms with Crippen LogP contribution in [0.4, 0.5) is 13.2 Å². The molecule has 0 aromatic carbocycles. The van der Waals surface area contributed by atoms with E-state index in [-0.39, 0.29) is 15.3 Å². The lowest BCUT2D eigenvalue weighted by atomic mass is 10.2. The average Bonchev–Trinajstić information content (AvgIpc) is 2.71. The van der Waals surface area contributed by atoms with E-state index in [2.05, 4.69) is 15.3 Å². The van der Waals surface area contributed by atoms with E-state index in [4.69, 9.17) is 17.0 Å². The maximum Gasteiger partial charge on any atom is 0.417 e. The van der Waals surface area contributed by atoms with Crippen LogP contribution in [0.15, 0.2) is 27.3 Å². The fraction of sp³-hybridized carbons (Fsp3) is 0.273. The van der Waals surface area contributed by atoms with E-state index >= 15 is 0 Å². The Bertz CT molecular complexity index is 624. The summed E-state index contributed by atoms with van der Waals surface area (Å²) in [5.74, 6) is 2.28. The lowest BCUT2D eigenvalue weighted by Crippen LogP contribution is -2.07. The number of thioether (sulfide) groups is 1. The van der Waals surface area contributed by atoms with Crippen molar-refractivity contribution in [2.75, 3.05) is 0 Å². The molecule has 0 saturated heterocycles. The van der Waals surface area contributed by atoms with Crippen molar-refractivity contribution in [1.82, 2.24) is 4.98 Å². The minimum Gasteiger partial charge on any atom is -0.258 e. The summed E-state index contributed by atoms with van der Waals surface area (Å²) in [4.78, 5) is 3.72. The molecule has 0 radical (unpaired) electrons. The molecular weight excluding hydrogens is 331 g/mol. The van der Waals surface area contributed by atoms with Crippen LogP contribution in [0.3, 0.4) is 0 Å². The number of hydrogen-bond donors (Lipinski definition) is 1. The second-order valence-corrected chi connectivity index (χ2v) is 6.28. The molecule has 0 aliphatic carbocycles. The summed E-state index contributed by atoms with van der Waals surface area (Å²) in [6.45, 7) is 1.86. The van der Waals surface area contributed by atoms with Gasteiger partial charge in [0, 0.05) is 6.20 Å². The molecule has 106 valence electrons. The van der Waals surface area contributed by atoms with Gasteiger partial charge in [-0.05, 0) is 42.6 Å². The maximum atomic E-state index is 12.5. The summed E-state index contributed by atoms with van der Waals surface area (Å²) in [6, 6.07) is 0.830. The number of hydrogen-bond acceptors (Lipinski definition) is 5. The van der Waals surface area contributed by atoms with Crippen molar-refractivity contribution in [3.63, 3.8) is 0 Å². The van der Waals surface area contributed by atoms with Gasteiger partial charge in [0.05, 0.1) is 21.4 Å². The molecule has 1 aromatic rings. The highest BCUT2D eigenvalue weighted by atomic mass is 35.5. The van der Waals surface area contributed by atoms with Crippen LogP contribution < -0.4 is 0 Å². The van der Waals surface area contributed by atoms with Gasteiger partial charge in [0.2, 0.25) is 0 Å². The molecule has 3 nitrogen and oxygen atoms in total. The Morgan fingerprint density at radius 2 is 2.20 bits per heavy atom. The molecule has 0 fully saturated rings. The topological polar surface area (TPSA) is 49.1 Å². The summed E-state index contributed by atoms with van der Waals surface area (Å²) in [7, 11) is 0. The van der Waals surface area contributed by atoms with Crippen molar-refractivity contribution in [3.8, 4) is 0 Å². The van der Waals surface area contributed by atoms with Crippen LogP contribution in [0.2, 0.25) is 5.02 Å². The molecule has 1 N–H and O–H groups in total. The average molecular weight is 338 g/mol. The Kier molecular flexibility index (Phi) is 4.49. The quantitative estimate of drug-likeness (QED) is 0.607. The standard InChI is InChI=1S/C11H7ClF3N3S2/c1-5-7(3-16)9(18-20-5)19-10-8(12)2-6(4-17-10)11(13,14)15/h2,4-5,16H,1H3/t5-/m0/s1. The lowest BCUT2D eigenvalue weighted by molar-refractivity contribution is -0.137. The van der Waals surface area contributed by atoms with Crippen molar-refractivity contribution >= 4 is 46.2 Å². The predicted octanol–water partition coefficient (Wildman–Crippen LogP) is 4.47. The van der Waals surface area contributed by atoms with Gasteiger partial charge in [-0.3, -0.25) is 5.41 Å². The van der Waals surface area contributed by atoms with Crippen LogP contribution in [0.1, 0.15) is 12.5 Å². The summed E-state index contributed by atoms with van der Waals surface area (Å²) < 4.78 is 41.6. The van der Waals surface area contributed by atoms with Crippen LogP contribution in [-0.2, 0) is 6.18 Å². The molecule has 20 heavy (non-hydrogen) atoms. The van der Waals surface area contributed by atoms with E-state index in [1.54, 1.807) is 0 Å². The molecule has 2 rings (SSSR count). The van der Waals surface area contributed by atoms with Crippen molar-refractivity contribution in [2.45, 2.75) is 23.4 Å². The van der Waals surface area contributed by atoms with E-state index in [9.17, 15) is 13.2 Å². The smallest absolute Gasteiger partial charge is 0.258 e. The van der Waals surface area contributed by atoms with Crippen LogP contribution in [0, 0.1) is 5.41 Å². The second kappa shape index (κ2) is 5.81. The van der Waals surface area contributed by atoms with Crippen molar-refractivity contribution in [1.29, 1.82) is 5.41 Å². The van der Waals surface area contributed by atoms with Crippen LogP contribution in [0.25, 0.3) is 0 Å². The summed E-state index contributed by atoms with van der Waals surface area (Å²) in [5.41, 5.74) is -0.316. The molecule has 1 atom stereocenters. The van der Waals surface area contributed by atoms with Gasteiger partial charge in [-0.15, -0.1) is 0 Å². The van der Waals surface area contributed by atoms with Crippen molar-refractivity contribution in [3.05, 3.63) is 28.4 Å². The Balaban J connectivity index is 2.26. The second-order valence-electron chi connectivity index (χ2n) is 3.79. The zero-order chi connectivity index (χ0) is 14.9. The minimum atomic E-state index is -4.48. The van der Waals surface area contributed by atoms with E-state index in [0.29, 0.717) is 10.6 Å². The normalized spacial score (nSPS) is 18.9. The van der Waals surface area contributed by atoms with Gasteiger partial charge in [-0.1, -0.05) is 11.6 Å². The first-order chi connectivity index (χ1) is 9.32. The molecule has 0 unspecified atom stereocenters. The van der Waals surface area contributed by atoms with Gasteiger partial charge in [0.25, 0.3) is 0 Å². The first kappa shape index (κ1) is 15.4. The number of halogens is 4. The van der Waals surface area contributed by atoms with Crippen LogP contribution >= 0.6 is 35.3 Å². The molecule has 0 saturated carbocycles. The summed E-state index contributed by atoms with van der Waals surface area (Å²) in [6.07, 6.45) is -3.75. The lowest BCUT2D eigenvalue weighted by Gasteiger charge is -2.09. The Hall–Kier alpha value is -0.950. The van der Waals surface area contributed by atoms with Gasteiger partial charge < -0.3 is 0 Å². The monoisotopic (exact) mass is 337 g/mol. The summed E-state index contributed by atoms with van der Waals surface area (Å²) in [5, 5.41) is 7.81. The van der Waals surface area contributed by atoms with Crippen LogP contribution in [0.5, 0.6) is 0 Å². The Morgan fingerprint density at radius 3 is 2.75 bits per heavy atom. The first-order valence-corrected chi connectivity index (χ1v) is 7.30. The highest BCUT2D eigenvalue weighted by Gasteiger charge is 2.32. The fourth-order valence-electron chi connectivity index (χ4n) is 1.38. The van der Waals surface area contributed by atoms with Crippen molar-refractivity contribution < 1.29 is 13.2 Å². The molecule has 1 aromatic heterocycles. The van der Waals surface area contributed by atoms with Gasteiger partial charge in [0.1, 0.15) is 10.1 Å². The Morgan fingerprint density at radius 1 is 1.50 bits per heavy atom. The van der Waals surface area contributed by atoms with Gasteiger partial charge in [-0.2, -0.15) is 13.2 Å². The zero-order valence-electron chi connectivity index (χ0n) is 9.95. The van der Waals surface area contributed by atoms with Gasteiger partial charge in [-0.25, -0.2) is 9.38 Å². The maximum absolute atomic E-state index is 12.5. The number of aromatic nitrogens is 1. The molecule has 1 aliphatic rings. The third kappa shape index (κ3) is 3.20. The molecule has 9 heteroatoms. The van der Waals surface area contributed by atoms with Crippen LogP contribution in [-0.4, -0.2) is 21.1 Å². The fourth-order valence-corrected chi connectivity index (χ4v) is 3.42. The van der Waals surface area contributed by atoms with E-state index in [1.165, 1.54) is 11.9 Å². The predicted molar refractivity (Wildman–Crippen MR) is 75.8 cm³/mol. The number of rotatable bonds is 1. The molecule has 1 aliphatic heterocycles. The molecule has 0 spiro atoms. The number of pyridine rings is 1. The number of nitrogens with zero attached hydrogens (tertiary/aromatic N) is 2. The van der Waals surface area contributed by atoms with E-state index in [0.717, 1.165) is 24.0 Å². The van der Waals surface area contributed by atoms with E-state index < -0.39 is 11.7 Å². The number of nitrogens with one attached hydrogen (secondary N) is 1. The third-order valence-electron chi connectivity index (χ3n) is 2.39. The molecular formula is C11H7ClF3N3S2. The third-order valence-corrected chi connectivity index (χ3v) is 4.77. The largest absolute Gasteiger partial charge is 0.417 e. The molecule has 0 bridgehead atoms. The van der Waals surface area contributed by atoms with Gasteiger partial charge >= 0.3 is 6.18 Å². The van der Waals surface area contributed by atoms with Crippen molar-refractivity contribution in [2.24, 2.45) is 4.40 Å². The molecule has 2 heterocycles. The van der Waals surface area contributed by atoms with E-state index in [1.807, 2.05) is 6.92 Å². The molecule has 0 amide bonds. The van der Waals surface area contributed by atoms with Gasteiger partial charge in [0.15, 0.2) is 0 Å². The SMILES string of the molecule is C[C@@H]1SN=C(Sc2ncc(C(F)(F)F)cc2Cl)C1=C=N. The minimum absolute atomic E-state index is 0.0109.